The molecule has 4 rings (SSSR count). The van der Waals surface area contributed by atoms with Gasteiger partial charge < -0.3 is 14.8 Å². The number of aromatic nitrogens is 1. The lowest BCUT2D eigenvalue weighted by Gasteiger charge is -2.22. The number of anilines is 2. The number of halogens is 3. The van der Waals surface area contributed by atoms with Crippen LogP contribution in [0.25, 0.3) is 0 Å². The van der Waals surface area contributed by atoms with Crippen LogP contribution in [0.2, 0.25) is 5.02 Å². The van der Waals surface area contributed by atoms with Crippen molar-refractivity contribution in [3.63, 3.8) is 0 Å². The minimum Gasteiger partial charge on any atom is -0.497 e. The van der Waals surface area contributed by atoms with Crippen LogP contribution in [0.1, 0.15) is 11.1 Å². The van der Waals surface area contributed by atoms with Crippen LogP contribution in [-0.2, 0) is 13.1 Å². The number of hydrogen-bond donors (Lipinski definition) is 1. The Bertz CT molecular complexity index is 1290. The van der Waals surface area contributed by atoms with E-state index in [1.54, 1.807) is 44.7 Å². The van der Waals surface area contributed by atoms with Gasteiger partial charge in [0.2, 0.25) is 0 Å². The van der Waals surface area contributed by atoms with Crippen molar-refractivity contribution in [1.29, 1.82) is 0 Å². The Morgan fingerprint density at radius 2 is 1.94 bits per heavy atom. The zero-order valence-electron chi connectivity index (χ0n) is 18.9. The highest BCUT2D eigenvalue weighted by Gasteiger charge is 2.19. The molecule has 3 aromatic carbocycles. The topological polar surface area (TPSA) is 46.6 Å². The third-order valence-corrected chi connectivity index (χ3v) is 7.30. The van der Waals surface area contributed by atoms with Crippen LogP contribution in [0.4, 0.5) is 19.6 Å². The highest BCUT2D eigenvalue weighted by molar-refractivity contribution is 8.00. The molecule has 4 aromatic rings. The molecule has 0 radical (unpaired) electrons. The fourth-order valence-electron chi connectivity index (χ4n) is 3.31. The first kappa shape index (κ1) is 25.1. The summed E-state index contributed by atoms with van der Waals surface area (Å²) in [4.78, 5) is 4.74. The molecule has 0 amide bonds. The van der Waals surface area contributed by atoms with Crippen molar-refractivity contribution in [3.05, 3.63) is 94.0 Å². The highest BCUT2D eigenvalue weighted by Crippen LogP contribution is 2.38. The maximum absolute atomic E-state index is 15.1. The van der Waals surface area contributed by atoms with Gasteiger partial charge in [-0.15, -0.1) is 11.3 Å². The number of hydrogen-bond acceptors (Lipinski definition) is 7. The Kier molecular flexibility index (Phi) is 8.33. The Morgan fingerprint density at radius 3 is 2.66 bits per heavy atom. The number of rotatable bonds is 10. The summed E-state index contributed by atoms with van der Waals surface area (Å²) in [5.41, 5.74) is 2.04. The second-order valence-corrected chi connectivity index (χ2v) is 9.71. The zero-order valence-corrected chi connectivity index (χ0v) is 21.3. The fraction of sp³-hybridized carbons (Fsp3) is 0.160. The lowest BCUT2D eigenvalue weighted by Crippen LogP contribution is -2.15. The SMILES string of the molecule is COc1ccc(CN(Sc2cc(Cl)c(NCc3cccc(F)c3)cc2F)c2nccs2)c(OC)c1. The third-order valence-electron chi connectivity index (χ3n) is 5.04. The summed E-state index contributed by atoms with van der Waals surface area (Å²) in [6, 6.07) is 14.7. The Hall–Kier alpha value is -3.01. The van der Waals surface area contributed by atoms with E-state index in [9.17, 15) is 4.39 Å². The van der Waals surface area contributed by atoms with Crippen molar-refractivity contribution in [2.24, 2.45) is 0 Å². The third kappa shape index (κ3) is 6.36. The van der Waals surface area contributed by atoms with E-state index >= 15 is 4.39 Å². The van der Waals surface area contributed by atoms with Gasteiger partial charge in [-0.25, -0.2) is 13.8 Å². The summed E-state index contributed by atoms with van der Waals surface area (Å²) in [5, 5.41) is 5.99. The number of nitrogens with zero attached hydrogens (tertiary/aromatic N) is 2. The molecule has 0 unspecified atom stereocenters. The molecule has 1 heterocycles. The number of ether oxygens (including phenoxy) is 2. The second-order valence-electron chi connectivity index (χ2n) is 7.37. The predicted octanol–water partition coefficient (Wildman–Crippen LogP) is 7.42. The normalized spacial score (nSPS) is 10.8. The number of benzene rings is 3. The van der Waals surface area contributed by atoms with Gasteiger partial charge in [-0.3, -0.25) is 4.31 Å². The molecule has 0 saturated carbocycles. The van der Waals surface area contributed by atoms with E-state index in [2.05, 4.69) is 10.3 Å². The molecule has 35 heavy (non-hydrogen) atoms. The second kappa shape index (κ2) is 11.6. The number of nitrogens with one attached hydrogen (secondary N) is 1. The average Bonchev–Trinajstić information content (AvgIpc) is 3.40. The van der Waals surface area contributed by atoms with Crippen molar-refractivity contribution >= 4 is 45.7 Å². The molecule has 182 valence electrons. The first-order valence-electron chi connectivity index (χ1n) is 10.5. The molecule has 10 heteroatoms. The van der Waals surface area contributed by atoms with E-state index in [1.807, 2.05) is 21.8 Å². The van der Waals surface area contributed by atoms with E-state index in [4.69, 9.17) is 21.1 Å². The molecule has 0 aliphatic heterocycles. The highest BCUT2D eigenvalue weighted by atomic mass is 35.5. The first-order valence-corrected chi connectivity index (χ1v) is 12.5. The van der Waals surface area contributed by atoms with Gasteiger partial charge in [0.15, 0.2) is 5.13 Å². The smallest absolute Gasteiger partial charge is 0.195 e. The molecule has 0 bridgehead atoms. The minimum absolute atomic E-state index is 0.311. The monoisotopic (exact) mass is 533 g/mol. The average molecular weight is 534 g/mol. The van der Waals surface area contributed by atoms with Crippen LogP contribution < -0.4 is 19.1 Å². The lowest BCUT2D eigenvalue weighted by molar-refractivity contribution is 0.391. The van der Waals surface area contributed by atoms with Gasteiger partial charge >= 0.3 is 0 Å². The van der Waals surface area contributed by atoms with Gasteiger partial charge in [0, 0.05) is 29.8 Å². The molecule has 0 aliphatic rings. The van der Waals surface area contributed by atoms with Gasteiger partial charge in [-0.2, -0.15) is 0 Å². The van der Waals surface area contributed by atoms with Crippen molar-refractivity contribution in [2.75, 3.05) is 23.8 Å². The standard InChI is InChI=1S/C25H22ClF2N3O2S2/c1-32-19-7-6-17(23(11-19)33-2)15-31(25-29-8-9-34-25)35-24-12-20(26)22(13-21(24)28)30-14-16-4-3-5-18(27)10-16/h3-13,30H,14-15H2,1-2H3. The van der Waals surface area contributed by atoms with E-state index in [0.717, 1.165) is 11.1 Å². The zero-order chi connectivity index (χ0) is 24.8. The van der Waals surface area contributed by atoms with Crippen LogP contribution in [0.3, 0.4) is 0 Å². The van der Waals surface area contributed by atoms with Crippen LogP contribution in [0, 0.1) is 11.6 Å². The largest absolute Gasteiger partial charge is 0.497 e. The summed E-state index contributed by atoms with van der Waals surface area (Å²) in [7, 11) is 3.18. The summed E-state index contributed by atoms with van der Waals surface area (Å²) in [6.45, 7) is 0.716. The molecule has 0 fully saturated rings. The molecule has 0 atom stereocenters. The fourth-order valence-corrected chi connectivity index (χ4v) is 5.28. The van der Waals surface area contributed by atoms with Crippen LogP contribution in [-0.4, -0.2) is 19.2 Å². The summed E-state index contributed by atoms with van der Waals surface area (Å²) < 4.78 is 41.3. The van der Waals surface area contributed by atoms with Gasteiger partial charge in [-0.1, -0.05) is 23.7 Å². The molecule has 1 aromatic heterocycles. The Morgan fingerprint density at radius 1 is 1.09 bits per heavy atom. The summed E-state index contributed by atoms with van der Waals surface area (Å²) in [6.07, 6.45) is 1.70. The van der Waals surface area contributed by atoms with Gasteiger partial charge in [0.25, 0.3) is 0 Å². The molecular formula is C25H22ClF2N3O2S2. The van der Waals surface area contributed by atoms with E-state index in [1.165, 1.54) is 41.5 Å². The van der Waals surface area contributed by atoms with Crippen LogP contribution >= 0.6 is 34.9 Å². The van der Waals surface area contributed by atoms with Crippen molar-refractivity contribution in [3.8, 4) is 11.5 Å². The van der Waals surface area contributed by atoms with Gasteiger partial charge in [0.1, 0.15) is 23.1 Å². The van der Waals surface area contributed by atoms with Crippen molar-refractivity contribution in [2.45, 2.75) is 18.0 Å². The van der Waals surface area contributed by atoms with Crippen molar-refractivity contribution < 1.29 is 18.3 Å². The lowest BCUT2D eigenvalue weighted by atomic mass is 10.2. The first-order chi connectivity index (χ1) is 17.0. The molecule has 5 nitrogen and oxygen atoms in total. The molecule has 0 spiro atoms. The van der Waals surface area contributed by atoms with Crippen molar-refractivity contribution in [1.82, 2.24) is 4.98 Å². The predicted molar refractivity (Wildman–Crippen MR) is 139 cm³/mol. The van der Waals surface area contributed by atoms with E-state index < -0.39 is 5.82 Å². The van der Waals surface area contributed by atoms with Gasteiger partial charge in [0.05, 0.1) is 36.4 Å². The molecule has 1 N–H and O–H groups in total. The Labute approximate surface area is 215 Å². The van der Waals surface area contributed by atoms with E-state index in [0.29, 0.717) is 45.3 Å². The summed E-state index contributed by atoms with van der Waals surface area (Å²) >= 11 is 9.10. The van der Waals surface area contributed by atoms with Crippen LogP contribution in [0.5, 0.6) is 11.5 Å². The number of methoxy groups -OCH3 is 2. The van der Waals surface area contributed by atoms with Gasteiger partial charge in [-0.05, 0) is 53.9 Å². The maximum atomic E-state index is 15.1. The summed E-state index contributed by atoms with van der Waals surface area (Å²) in [5.74, 6) is 0.564. The molecular weight excluding hydrogens is 512 g/mol. The van der Waals surface area contributed by atoms with Crippen LogP contribution in [0.15, 0.2) is 71.1 Å². The Balaban J connectivity index is 1.55. The van der Waals surface area contributed by atoms with E-state index in [-0.39, 0.29) is 5.82 Å². The minimum atomic E-state index is -0.440. The molecule has 0 saturated heterocycles. The maximum Gasteiger partial charge on any atom is 0.195 e. The molecule has 0 aliphatic carbocycles. The quantitative estimate of drug-likeness (QED) is 0.214. The number of thiazole rings is 1.